The molecule has 0 radical (unpaired) electrons. The Hall–Kier alpha value is -1.92. The van der Waals surface area contributed by atoms with E-state index in [1.807, 2.05) is 6.33 Å². The molecule has 7 heteroatoms. The van der Waals surface area contributed by atoms with Gasteiger partial charge in [-0.15, -0.1) is 10.2 Å². The Morgan fingerprint density at radius 1 is 1.27 bits per heavy atom. The van der Waals surface area contributed by atoms with Gasteiger partial charge in [-0.2, -0.15) is 4.98 Å². The van der Waals surface area contributed by atoms with Crippen LogP contribution < -0.4 is 4.90 Å². The molecule has 1 atom stereocenters. The number of hydrogen-bond acceptors (Lipinski definition) is 6. The van der Waals surface area contributed by atoms with Crippen molar-refractivity contribution in [1.82, 2.24) is 24.9 Å². The van der Waals surface area contributed by atoms with Gasteiger partial charge in [0.15, 0.2) is 5.82 Å². The largest absolute Gasteiger partial charge is 0.324 e. The van der Waals surface area contributed by atoms with E-state index < -0.39 is 0 Å². The van der Waals surface area contributed by atoms with Crippen LogP contribution >= 0.6 is 0 Å². The Morgan fingerprint density at radius 3 is 2.77 bits per heavy atom. The predicted octanol–water partition coefficient (Wildman–Crippen LogP) is 2.75. The summed E-state index contributed by atoms with van der Waals surface area (Å²) in [7, 11) is 0. The van der Waals surface area contributed by atoms with Gasteiger partial charge in [-0.1, -0.05) is 19.0 Å². The van der Waals surface area contributed by atoms with Crippen molar-refractivity contribution in [2.24, 2.45) is 0 Å². The van der Waals surface area contributed by atoms with E-state index >= 15 is 0 Å². The Kier molecular flexibility index (Phi) is 4.13. The number of piperidine rings is 1. The highest BCUT2D eigenvalue weighted by atomic mass is 16.5. The average Bonchev–Trinajstić information content (AvgIpc) is 3.17. The summed E-state index contributed by atoms with van der Waals surface area (Å²) in [4.78, 5) is 6.69. The highest BCUT2D eigenvalue weighted by Crippen LogP contribution is 2.29. The molecule has 3 heterocycles. The number of aromatic nitrogens is 5. The molecular formula is C15H24N6O. The lowest BCUT2D eigenvalue weighted by molar-refractivity contribution is 0.379. The van der Waals surface area contributed by atoms with Crippen molar-refractivity contribution >= 4 is 6.01 Å². The first-order chi connectivity index (χ1) is 10.6. The molecule has 1 unspecified atom stereocenters. The highest BCUT2D eigenvalue weighted by molar-refractivity contribution is 5.28. The summed E-state index contributed by atoms with van der Waals surface area (Å²) in [5, 5.41) is 12.5. The molecule has 2 aromatic rings. The zero-order chi connectivity index (χ0) is 15.7. The van der Waals surface area contributed by atoms with Crippen LogP contribution in [0.5, 0.6) is 0 Å². The minimum atomic E-state index is 0.280. The lowest BCUT2D eigenvalue weighted by Crippen LogP contribution is -2.35. The van der Waals surface area contributed by atoms with Gasteiger partial charge in [-0.25, -0.2) is 0 Å². The molecule has 0 spiro atoms. The molecule has 2 aromatic heterocycles. The van der Waals surface area contributed by atoms with Crippen LogP contribution in [0.25, 0.3) is 0 Å². The van der Waals surface area contributed by atoms with Crippen LogP contribution in [0.2, 0.25) is 0 Å². The minimum absolute atomic E-state index is 0.280. The third-order valence-electron chi connectivity index (χ3n) is 4.16. The molecule has 1 aliphatic rings. The fraction of sp³-hybridized carbons (Fsp3) is 0.733. The maximum atomic E-state index is 5.43. The van der Waals surface area contributed by atoms with Crippen LogP contribution in [0.1, 0.15) is 70.1 Å². The van der Waals surface area contributed by atoms with Crippen molar-refractivity contribution in [3.05, 3.63) is 18.0 Å². The van der Waals surface area contributed by atoms with E-state index in [0.29, 0.717) is 18.0 Å². The van der Waals surface area contributed by atoms with Gasteiger partial charge in [0.25, 0.3) is 0 Å². The lowest BCUT2D eigenvalue weighted by atomic mass is 9.97. The number of anilines is 1. The predicted molar refractivity (Wildman–Crippen MR) is 83.0 cm³/mol. The summed E-state index contributed by atoms with van der Waals surface area (Å²) in [6.45, 7) is 10.2. The Labute approximate surface area is 130 Å². The average molecular weight is 304 g/mol. The van der Waals surface area contributed by atoms with Crippen molar-refractivity contribution in [2.75, 3.05) is 18.0 Å². The quantitative estimate of drug-likeness (QED) is 0.864. The zero-order valence-electron chi connectivity index (χ0n) is 13.7. The van der Waals surface area contributed by atoms with Crippen LogP contribution in [0, 0.1) is 0 Å². The van der Waals surface area contributed by atoms with Crippen molar-refractivity contribution in [1.29, 1.82) is 0 Å². The zero-order valence-corrected chi connectivity index (χ0v) is 13.7. The molecule has 0 N–H and O–H groups in total. The topological polar surface area (TPSA) is 72.9 Å². The van der Waals surface area contributed by atoms with Gasteiger partial charge in [0, 0.05) is 31.0 Å². The molecule has 22 heavy (non-hydrogen) atoms. The number of nitrogens with zero attached hydrogens (tertiary/aromatic N) is 6. The minimum Gasteiger partial charge on any atom is -0.324 e. The van der Waals surface area contributed by atoms with Gasteiger partial charge < -0.3 is 14.0 Å². The molecule has 0 bridgehead atoms. The van der Waals surface area contributed by atoms with E-state index in [0.717, 1.165) is 37.6 Å². The molecule has 1 aliphatic heterocycles. The summed E-state index contributed by atoms with van der Waals surface area (Å²) in [5.74, 6) is 2.46. The lowest BCUT2D eigenvalue weighted by Gasteiger charge is -2.31. The normalized spacial score (nSPS) is 19.4. The third kappa shape index (κ3) is 2.84. The maximum absolute atomic E-state index is 5.43. The highest BCUT2D eigenvalue weighted by Gasteiger charge is 2.28. The van der Waals surface area contributed by atoms with Crippen LogP contribution in [0.3, 0.4) is 0 Å². The standard InChI is InChI=1S/C15H24N6O/c1-10(2)13-17-15(22-19-13)20-7-5-6-12(8-20)14-18-16-9-21(14)11(3)4/h9-12H,5-8H2,1-4H3. The summed E-state index contributed by atoms with van der Waals surface area (Å²) < 4.78 is 7.59. The number of rotatable bonds is 4. The van der Waals surface area contributed by atoms with Gasteiger partial charge in [0.2, 0.25) is 0 Å². The Bertz CT molecular complexity index is 617. The van der Waals surface area contributed by atoms with E-state index in [9.17, 15) is 0 Å². The number of hydrogen-bond donors (Lipinski definition) is 0. The van der Waals surface area contributed by atoms with Gasteiger partial charge in [-0.3, -0.25) is 0 Å². The molecule has 7 nitrogen and oxygen atoms in total. The first-order valence-electron chi connectivity index (χ1n) is 8.04. The summed E-state index contributed by atoms with van der Waals surface area (Å²) >= 11 is 0. The van der Waals surface area contributed by atoms with E-state index in [1.165, 1.54) is 0 Å². The fourth-order valence-electron chi connectivity index (χ4n) is 2.89. The van der Waals surface area contributed by atoms with E-state index in [-0.39, 0.29) is 5.92 Å². The van der Waals surface area contributed by atoms with E-state index in [1.54, 1.807) is 0 Å². The van der Waals surface area contributed by atoms with Crippen LogP contribution in [0.15, 0.2) is 10.9 Å². The smallest absolute Gasteiger partial charge is 0.324 e. The molecule has 1 fully saturated rings. The Balaban J connectivity index is 1.77. The van der Waals surface area contributed by atoms with Gasteiger partial charge in [0.05, 0.1) is 0 Å². The molecule has 0 saturated carbocycles. The van der Waals surface area contributed by atoms with Crippen molar-refractivity contribution in [2.45, 2.75) is 58.4 Å². The molecule has 0 amide bonds. The molecule has 0 aliphatic carbocycles. The summed E-state index contributed by atoms with van der Waals surface area (Å²) in [6.07, 6.45) is 4.03. The van der Waals surface area contributed by atoms with Gasteiger partial charge in [0.1, 0.15) is 12.2 Å². The van der Waals surface area contributed by atoms with Gasteiger partial charge >= 0.3 is 6.01 Å². The molecule has 0 aromatic carbocycles. The Morgan fingerprint density at radius 2 is 2.09 bits per heavy atom. The maximum Gasteiger partial charge on any atom is 0.324 e. The van der Waals surface area contributed by atoms with Gasteiger partial charge in [-0.05, 0) is 26.7 Å². The van der Waals surface area contributed by atoms with E-state index in [4.69, 9.17) is 4.52 Å². The van der Waals surface area contributed by atoms with Crippen LogP contribution in [-0.2, 0) is 0 Å². The van der Waals surface area contributed by atoms with Crippen molar-refractivity contribution in [3.63, 3.8) is 0 Å². The third-order valence-corrected chi connectivity index (χ3v) is 4.16. The second-order valence-electron chi connectivity index (χ2n) is 6.57. The summed E-state index contributed by atoms with van der Waals surface area (Å²) in [5.41, 5.74) is 0. The van der Waals surface area contributed by atoms with Crippen molar-refractivity contribution in [3.8, 4) is 0 Å². The van der Waals surface area contributed by atoms with E-state index in [2.05, 4.69) is 57.5 Å². The summed E-state index contributed by atoms with van der Waals surface area (Å²) in [6, 6.07) is 1.00. The molecular weight excluding hydrogens is 280 g/mol. The fourth-order valence-corrected chi connectivity index (χ4v) is 2.89. The molecule has 3 rings (SSSR count). The van der Waals surface area contributed by atoms with Crippen LogP contribution in [0.4, 0.5) is 6.01 Å². The first-order valence-corrected chi connectivity index (χ1v) is 8.04. The molecule has 1 saturated heterocycles. The monoisotopic (exact) mass is 304 g/mol. The second kappa shape index (κ2) is 6.06. The van der Waals surface area contributed by atoms with Crippen LogP contribution in [-0.4, -0.2) is 38.0 Å². The molecule has 120 valence electrons. The SMILES string of the molecule is CC(C)c1noc(N2CCCC(c3nncn3C(C)C)C2)n1. The first kappa shape index (κ1) is 15.0. The van der Waals surface area contributed by atoms with Crippen molar-refractivity contribution < 1.29 is 4.52 Å². The second-order valence-corrected chi connectivity index (χ2v) is 6.57.